The fraction of sp³-hybridized carbons (Fsp3) is 0.0714. The van der Waals surface area contributed by atoms with E-state index in [1.807, 2.05) is 6.07 Å². The summed E-state index contributed by atoms with van der Waals surface area (Å²) in [5, 5.41) is 2.97. The Morgan fingerprint density at radius 2 is 1.90 bits per heavy atom. The van der Waals surface area contributed by atoms with Gasteiger partial charge >= 0.3 is 0 Å². The fourth-order valence-corrected chi connectivity index (χ4v) is 3.35. The molecule has 1 heterocycles. The average molecular weight is 288 g/mol. The lowest BCUT2D eigenvalue weighted by Gasteiger charge is -2.20. The Kier molecular flexibility index (Phi) is 3.04. The Morgan fingerprint density at radius 3 is 2.70 bits per heavy atom. The molecule has 0 bridgehead atoms. The number of fused-ring (bicyclic) bond motifs is 1. The third-order valence-electron chi connectivity index (χ3n) is 3.21. The van der Waals surface area contributed by atoms with E-state index in [9.17, 15) is 13.2 Å². The molecule has 5 nitrogen and oxygen atoms in total. The van der Waals surface area contributed by atoms with Crippen molar-refractivity contribution in [2.45, 2.75) is 4.90 Å². The van der Waals surface area contributed by atoms with Crippen LogP contribution in [0.3, 0.4) is 0 Å². The summed E-state index contributed by atoms with van der Waals surface area (Å²) >= 11 is 0. The number of benzene rings is 2. The predicted molar refractivity (Wildman–Crippen MR) is 76.1 cm³/mol. The zero-order valence-corrected chi connectivity index (χ0v) is 11.3. The van der Waals surface area contributed by atoms with Crippen LogP contribution in [0.15, 0.2) is 47.4 Å². The lowest BCUT2D eigenvalue weighted by atomic mass is 10.0. The zero-order chi connectivity index (χ0) is 14.2. The molecule has 0 spiro atoms. The smallest absolute Gasteiger partial charge is 0.244 e. The van der Waals surface area contributed by atoms with E-state index < -0.39 is 10.0 Å². The minimum absolute atomic E-state index is 0.180. The Hall–Kier alpha value is -2.18. The van der Waals surface area contributed by atoms with Crippen molar-refractivity contribution in [3.63, 3.8) is 0 Å². The zero-order valence-electron chi connectivity index (χ0n) is 10.5. The second-order valence-electron chi connectivity index (χ2n) is 4.42. The molecular weight excluding hydrogens is 276 g/mol. The van der Waals surface area contributed by atoms with Gasteiger partial charge in [0.05, 0.1) is 12.4 Å². The highest BCUT2D eigenvalue weighted by Crippen LogP contribution is 2.31. The van der Waals surface area contributed by atoms with Crippen molar-refractivity contribution in [1.82, 2.24) is 4.72 Å². The maximum Gasteiger partial charge on any atom is 0.244 e. The molecule has 2 aromatic rings. The SMILES string of the molecule is O=Cc1ccccc1-c1ccc2c(c1)S(=O)(=O)NCN2. The molecule has 20 heavy (non-hydrogen) atoms. The van der Waals surface area contributed by atoms with Crippen molar-refractivity contribution in [3.05, 3.63) is 48.0 Å². The topological polar surface area (TPSA) is 75.3 Å². The summed E-state index contributed by atoms with van der Waals surface area (Å²) in [5.74, 6) is 0. The molecule has 1 aliphatic heterocycles. The summed E-state index contributed by atoms with van der Waals surface area (Å²) in [6, 6.07) is 12.2. The van der Waals surface area contributed by atoms with Crippen LogP contribution in [0.2, 0.25) is 0 Å². The van der Waals surface area contributed by atoms with Crippen molar-refractivity contribution in [1.29, 1.82) is 0 Å². The predicted octanol–water partition coefficient (Wildman–Crippen LogP) is 1.83. The molecule has 0 saturated heterocycles. The lowest BCUT2D eigenvalue weighted by Crippen LogP contribution is -2.34. The van der Waals surface area contributed by atoms with E-state index in [2.05, 4.69) is 10.0 Å². The van der Waals surface area contributed by atoms with Gasteiger partial charge in [-0.2, -0.15) is 4.72 Å². The summed E-state index contributed by atoms with van der Waals surface area (Å²) < 4.78 is 26.4. The van der Waals surface area contributed by atoms with Gasteiger partial charge in [0.2, 0.25) is 10.0 Å². The van der Waals surface area contributed by atoms with E-state index in [1.54, 1.807) is 36.4 Å². The second kappa shape index (κ2) is 4.73. The monoisotopic (exact) mass is 288 g/mol. The largest absolute Gasteiger partial charge is 0.370 e. The number of nitrogens with one attached hydrogen (secondary N) is 2. The molecule has 0 fully saturated rings. The first-order chi connectivity index (χ1) is 9.62. The molecule has 0 aromatic heterocycles. The molecule has 2 aromatic carbocycles. The summed E-state index contributed by atoms with van der Waals surface area (Å²) in [6.07, 6.45) is 0.764. The fourth-order valence-electron chi connectivity index (χ4n) is 2.22. The van der Waals surface area contributed by atoms with Crippen molar-refractivity contribution in [3.8, 4) is 11.1 Å². The molecule has 3 rings (SSSR count). The molecular formula is C14H12N2O3S. The molecule has 0 saturated carbocycles. The normalized spacial score (nSPS) is 16.0. The number of rotatable bonds is 2. The average Bonchev–Trinajstić information content (AvgIpc) is 2.47. The van der Waals surface area contributed by atoms with Gasteiger partial charge in [0.25, 0.3) is 0 Å². The minimum atomic E-state index is -3.49. The lowest BCUT2D eigenvalue weighted by molar-refractivity contribution is 0.112. The standard InChI is InChI=1S/C14H12N2O3S/c17-8-11-3-1-2-4-12(11)10-5-6-13-14(7-10)20(18,19)16-9-15-13/h1-8,15-16H,9H2. The molecule has 0 amide bonds. The van der Waals surface area contributed by atoms with Crippen LogP contribution in [0.4, 0.5) is 5.69 Å². The van der Waals surface area contributed by atoms with Crippen molar-refractivity contribution < 1.29 is 13.2 Å². The van der Waals surface area contributed by atoms with Crippen molar-refractivity contribution in [2.75, 3.05) is 12.0 Å². The summed E-state index contributed by atoms with van der Waals surface area (Å²) in [5.41, 5.74) is 2.50. The van der Waals surface area contributed by atoms with Gasteiger partial charge in [-0.1, -0.05) is 30.3 Å². The number of carbonyl (C=O) groups excluding carboxylic acids is 1. The number of aldehydes is 1. The first-order valence-corrected chi connectivity index (χ1v) is 7.52. The van der Waals surface area contributed by atoms with E-state index in [0.29, 0.717) is 22.4 Å². The number of hydrogen-bond donors (Lipinski definition) is 2. The van der Waals surface area contributed by atoms with Crippen molar-refractivity contribution in [2.24, 2.45) is 0 Å². The van der Waals surface area contributed by atoms with Gasteiger partial charge in [-0.3, -0.25) is 4.79 Å². The van der Waals surface area contributed by atoms with Crippen LogP contribution < -0.4 is 10.0 Å². The number of carbonyl (C=O) groups is 1. The first kappa shape index (κ1) is 12.8. The molecule has 0 unspecified atom stereocenters. The van der Waals surface area contributed by atoms with Crippen LogP contribution in [-0.2, 0) is 10.0 Å². The van der Waals surface area contributed by atoms with Crippen LogP contribution in [0.1, 0.15) is 10.4 Å². The third kappa shape index (κ3) is 2.09. The van der Waals surface area contributed by atoms with Gasteiger partial charge in [0.15, 0.2) is 6.29 Å². The molecule has 2 N–H and O–H groups in total. The molecule has 0 aliphatic carbocycles. The van der Waals surface area contributed by atoms with Gasteiger partial charge in [-0.05, 0) is 23.3 Å². The Bertz CT molecular complexity index is 785. The van der Waals surface area contributed by atoms with E-state index in [0.717, 1.165) is 6.29 Å². The van der Waals surface area contributed by atoms with Crippen LogP contribution >= 0.6 is 0 Å². The van der Waals surface area contributed by atoms with E-state index in [1.165, 1.54) is 0 Å². The number of anilines is 1. The van der Waals surface area contributed by atoms with Gasteiger partial charge in [0, 0.05) is 5.56 Å². The highest BCUT2D eigenvalue weighted by molar-refractivity contribution is 7.89. The Morgan fingerprint density at radius 1 is 1.10 bits per heavy atom. The van der Waals surface area contributed by atoms with E-state index in [-0.39, 0.29) is 11.6 Å². The van der Waals surface area contributed by atoms with Gasteiger partial charge in [0.1, 0.15) is 4.90 Å². The van der Waals surface area contributed by atoms with Crippen LogP contribution in [-0.4, -0.2) is 21.4 Å². The minimum Gasteiger partial charge on any atom is -0.370 e. The van der Waals surface area contributed by atoms with Gasteiger partial charge in [-0.15, -0.1) is 0 Å². The Labute approximate surface area is 116 Å². The first-order valence-electron chi connectivity index (χ1n) is 6.04. The quantitative estimate of drug-likeness (QED) is 0.827. The summed E-state index contributed by atoms with van der Waals surface area (Å²) in [4.78, 5) is 11.3. The third-order valence-corrected chi connectivity index (χ3v) is 4.65. The number of sulfonamides is 1. The maximum atomic E-state index is 12.0. The van der Waals surface area contributed by atoms with Crippen LogP contribution in [0, 0.1) is 0 Å². The van der Waals surface area contributed by atoms with Crippen molar-refractivity contribution >= 4 is 22.0 Å². The Balaban J connectivity index is 2.20. The van der Waals surface area contributed by atoms with Gasteiger partial charge in [-0.25, -0.2) is 8.42 Å². The maximum absolute atomic E-state index is 12.0. The van der Waals surface area contributed by atoms with Gasteiger partial charge < -0.3 is 5.32 Å². The summed E-state index contributed by atoms with van der Waals surface area (Å²) in [6.45, 7) is 0.180. The van der Waals surface area contributed by atoms with Crippen LogP contribution in [0.5, 0.6) is 0 Å². The second-order valence-corrected chi connectivity index (χ2v) is 6.15. The molecule has 0 atom stereocenters. The number of hydrogen-bond acceptors (Lipinski definition) is 4. The highest BCUT2D eigenvalue weighted by atomic mass is 32.2. The van der Waals surface area contributed by atoms with Crippen LogP contribution in [0.25, 0.3) is 11.1 Å². The molecule has 6 heteroatoms. The molecule has 0 radical (unpaired) electrons. The molecule has 1 aliphatic rings. The van der Waals surface area contributed by atoms with E-state index in [4.69, 9.17) is 0 Å². The molecule has 102 valence electrons. The highest BCUT2D eigenvalue weighted by Gasteiger charge is 2.23. The summed E-state index contributed by atoms with van der Waals surface area (Å²) in [7, 11) is -3.49. The van der Waals surface area contributed by atoms with E-state index >= 15 is 0 Å².